The quantitative estimate of drug-likeness (QED) is 0.319. The number of carbonyl (C=O) groups is 1. The number of halogens is 4. The molecule has 1 aromatic heterocycles. The van der Waals surface area contributed by atoms with E-state index in [0.717, 1.165) is 30.9 Å². The van der Waals surface area contributed by atoms with Crippen molar-refractivity contribution in [3.8, 4) is 0 Å². The van der Waals surface area contributed by atoms with Gasteiger partial charge in [-0.05, 0) is 101 Å². The van der Waals surface area contributed by atoms with Crippen LogP contribution in [0.15, 0.2) is 42.6 Å². The number of benzene rings is 2. The van der Waals surface area contributed by atoms with Gasteiger partial charge in [-0.25, -0.2) is 0 Å². The van der Waals surface area contributed by atoms with Crippen LogP contribution in [0.4, 0.5) is 0 Å². The lowest BCUT2D eigenvalue weighted by molar-refractivity contribution is 0.0855. The minimum Gasteiger partial charge on any atom is -0.400 e. The lowest BCUT2D eigenvalue weighted by Crippen LogP contribution is -2.47. The average molecular weight is 599 g/mol. The molecule has 0 amide bonds. The molecule has 0 saturated carbocycles. The van der Waals surface area contributed by atoms with E-state index in [4.69, 9.17) is 51.5 Å². The summed E-state index contributed by atoms with van der Waals surface area (Å²) in [5, 5.41) is 10.1. The number of hydrogen-bond acceptors (Lipinski definition) is 5. The van der Waals surface area contributed by atoms with Crippen molar-refractivity contribution >= 4 is 63.6 Å². The average Bonchev–Trinajstić information content (AvgIpc) is 2.93. The number of aliphatic hydroxyl groups is 1. The van der Waals surface area contributed by atoms with Gasteiger partial charge in [0.15, 0.2) is 6.29 Å². The van der Waals surface area contributed by atoms with Gasteiger partial charge in [0.05, 0.1) is 31.2 Å². The summed E-state index contributed by atoms with van der Waals surface area (Å²) in [6, 6.07) is 12.1. The van der Waals surface area contributed by atoms with Gasteiger partial charge >= 0.3 is 0 Å². The number of likely N-dealkylation sites (tertiary alicyclic amines) is 2. The van der Waals surface area contributed by atoms with Crippen LogP contribution >= 0.6 is 46.4 Å². The second-order valence-corrected chi connectivity index (χ2v) is 11.4. The van der Waals surface area contributed by atoms with Crippen molar-refractivity contribution in [1.29, 1.82) is 0 Å². The summed E-state index contributed by atoms with van der Waals surface area (Å²) in [5.74, 6) is 0.791. The van der Waals surface area contributed by atoms with Crippen molar-refractivity contribution in [3.63, 3.8) is 0 Å². The van der Waals surface area contributed by atoms with Crippen LogP contribution in [0.25, 0.3) is 10.9 Å². The predicted octanol–water partition coefficient (Wildman–Crippen LogP) is 7.30. The van der Waals surface area contributed by atoms with E-state index in [2.05, 4.69) is 27.9 Å². The number of rotatable bonds is 4. The molecule has 2 aliphatic heterocycles. The highest BCUT2D eigenvalue weighted by molar-refractivity contribution is 6.42. The van der Waals surface area contributed by atoms with E-state index >= 15 is 0 Å². The van der Waals surface area contributed by atoms with Crippen LogP contribution in [0, 0.1) is 5.92 Å². The predicted molar refractivity (Wildman–Crippen MR) is 160 cm³/mol. The zero-order valence-electron chi connectivity index (χ0n) is 21.8. The molecule has 2 aromatic carbocycles. The van der Waals surface area contributed by atoms with E-state index in [-0.39, 0.29) is 0 Å². The van der Waals surface area contributed by atoms with Crippen LogP contribution in [-0.2, 0) is 6.42 Å². The third-order valence-electron chi connectivity index (χ3n) is 7.29. The van der Waals surface area contributed by atoms with Gasteiger partial charge in [0.1, 0.15) is 0 Å². The van der Waals surface area contributed by atoms with Gasteiger partial charge in [-0.2, -0.15) is 0 Å². The van der Waals surface area contributed by atoms with Crippen LogP contribution in [0.2, 0.25) is 20.1 Å². The topological polar surface area (TPSA) is 56.7 Å². The van der Waals surface area contributed by atoms with E-state index in [9.17, 15) is 4.79 Å². The molecule has 2 aliphatic rings. The van der Waals surface area contributed by atoms with E-state index in [1.807, 2.05) is 12.1 Å². The van der Waals surface area contributed by atoms with Gasteiger partial charge < -0.3 is 14.9 Å². The summed E-state index contributed by atoms with van der Waals surface area (Å²) < 4.78 is 0. The highest BCUT2D eigenvalue weighted by Crippen LogP contribution is 2.29. The molecule has 0 spiro atoms. The fourth-order valence-electron chi connectivity index (χ4n) is 5.17. The Morgan fingerprint density at radius 3 is 2.18 bits per heavy atom. The molecule has 0 unspecified atom stereocenters. The molecule has 5 nitrogen and oxygen atoms in total. The normalized spacial score (nSPS) is 17.3. The van der Waals surface area contributed by atoms with Crippen LogP contribution in [0.1, 0.15) is 41.6 Å². The Kier molecular flexibility index (Phi) is 12.6. The molecule has 0 aliphatic carbocycles. The van der Waals surface area contributed by atoms with Crippen molar-refractivity contribution < 1.29 is 9.90 Å². The maximum atomic E-state index is 10.8. The molecule has 0 radical (unpaired) electrons. The number of carbonyl (C=O) groups excluding carboxylic acids is 1. The molecule has 9 heteroatoms. The minimum absolute atomic E-state index is 0.404. The number of fused-ring (bicyclic) bond motifs is 1. The van der Waals surface area contributed by atoms with E-state index in [1.165, 1.54) is 63.6 Å². The Morgan fingerprint density at radius 1 is 0.895 bits per heavy atom. The zero-order valence-corrected chi connectivity index (χ0v) is 24.9. The number of piperidine rings is 2. The monoisotopic (exact) mass is 597 g/mol. The number of hydrogen-bond donors (Lipinski definition) is 1. The first-order valence-corrected chi connectivity index (χ1v) is 14.4. The van der Waals surface area contributed by atoms with E-state index in [1.54, 1.807) is 18.2 Å². The third kappa shape index (κ3) is 8.53. The Bertz CT molecular complexity index is 1190. The molecule has 0 atom stereocenters. The number of aliphatic hydroxyl groups excluding tert-OH is 1. The van der Waals surface area contributed by atoms with Crippen molar-refractivity contribution in [2.24, 2.45) is 5.92 Å². The molecular formula is C29H35Cl4N3O2. The Hall–Kier alpha value is -1.44. The van der Waals surface area contributed by atoms with Crippen molar-refractivity contribution in [2.45, 2.75) is 38.1 Å². The maximum absolute atomic E-state index is 10.8. The van der Waals surface area contributed by atoms with Crippen LogP contribution in [0.5, 0.6) is 0 Å². The van der Waals surface area contributed by atoms with Gasteiger partial charge in [0.25, 0.3) is 0 Å². The highest BCUT2D eigenvalue weighted by Gasteiger charge is 2.27. The minimum atomic E-state index is 0.404. The highest BCUT2D eigenvalue weighted by atomic mass is 35.5. The standard InChI is InChI=1S/C18H26Cl2N2.C10H5Cl2NO.CH4O/c1-21-8-6-16(7-9-21)22-10-4-14(5-11-22)12-15-2-3-17(19)18(20)13-15;11-7-3-6-1-2-9(12)8(5-14)10(6)13-4-7;1-2/h2-3,13-14,16H,4-12H2,1H3;1-5H;2H,1H3. The SMILES string of the molecule is CN1CCC(N2CCC(Cc3ccc(Cl)c(Cl)c3)CC2)CC1.CO.O=Cc1c(Cl)ccc2cc(Cl)cnc12. The second kappa shape index (κ2) is 15.4. The van der Waals surface area contributed by atoms with E-state index in [0.29, 0.717) is 37.5 Å². The maximum Gasteiger partial charge on any atom is 0.153 e. The van der Waals surface area contributed by atoms with Crippen molar-refractivity contribution in [3.05, 3.63) is 73.8 Å². The molecule has 206 valence electrons. The molecule has 3 heterocycles. The fourth-order valence-corrected chi connectivity index (χ4v) is 5.85. The number of aromatic nitrogens is 1. The van der Waals surface area contributed by atoms with Gasteiger partial charge in [-0.15, -0.1) is 0 Å². The molecule has 1 N–H and O–H groups in total. The van der Waals surface area contributed by atoms with Gasteiger partial charge in [-0.3, -0.25) is 9.78 Å². The number of nitrogens with zero attached hydrogens (tertiary/aromatic N) is 3. The first kappa shape index (κ1) is 31.1. The summed E-state index contributed by atoms with van der Waals surface area (Å²) in [4.78, 5) is 20.0. The first-order valence-electron chi connectivity index (χ1n) is 12.8. The summed E-state index contributed by atoms with van der Waals surface area (Å²) >= 11 is 23.7. The smallest absolute Gasteiger partial charge is 0.153 e. The molecule has 3 aromatic rings. The third-order valence-corrected chi connectivity index (χ3v) is 8.56. The Labute approximate surface area is 245 Å². The largest absolute Gasteiger partial charge is 0.400 e. The van der Waals surface area contributed by atoms with Crippen LogP contribution in [0.3, 0.4) is 0 Å². The Balaban J connectivity index is 0.000000215. The van der Waals surface area contributed by atoms with Crippen LogP contribution in [-0.4, -0.2) is 72.6 Å². The molecule has 2 fully saturated rings. The summed E-state index contributed by atoms with van der Waals surface area (Å²) in [7, 11) is 3.24. The van der Waals surface area contributed by atoms with Crippen molar-refractivity contribution in [1.82, 2.24) is 14.8 Å². The molecule has 2 saturated heterocycles. The lowest BCUT2D eigenvalue weighted by Gasteiger charge is -2.41. The van der Waals surface area contributed by atoms with Gasteiger partial charge in [-0.1, -0.05) is 58.5 Å². The summed E-state index contributed by atoms with van der Waals surface area (Å²) in [6.07, 6.45) is 8.64. The van der Waals surface area contributed by atoms with E-state index < -0.39 is 0 Å². The molecular weight excluding hydrogens is 564 g/mol. The summed E-state index contributed by atoms with van der Waals surface area (Å²) in [6.45, 7) is 5.04. The first-order chi connectivity index (χ1) is 18.3. The van der Waals surface area contributed by atoms with Gasteiger partial charge in [0.2, 0.25) is 0 Å². The molecule has 38 heavy (non-hydrogen) atoms. The lowest BCUT2D eigenvalue weighted by atomic mass is 9.88. The second-order valence-electron chi connectivity index (χ2n) is 9.77. The zero-order chi connectivity index (χ0) is 27.7. The number of pyridine rings is 1. The van der Waals surface area contributed by atoms with Crippen molar-refractivity contribution in [2.75, 3.05) is 40.3 Å². The van der Waals surface area contributed by atoms with Crippen LogP contribution < -0.4 is 0 Å². The molecule has 0 bridgehead atoms. The Morgan fingerprint density at radius 2 is 1.55 bits per heavy atom. The summed E-state index contributed by atoms with van der Waals surface area (Å²) in [5.41, 5.74) is 2.31. The fraction of sp³-hybridized carbons (Fsp3) is 0.448. The van der Waals surface area contributed by atoms with Gasteiger partial charge in [0, 0.05) is 24.7 Å². The molecule has 5 rings (SSSR count). The number of aldehydes is 1.